The van der Waals surface area contributed by atoms with Crippen LogP contribution in [-0.2, 0) is 6.54 Å². The second-order valence-electron chi connectivity index (χ2n) is 6.06. The molecule has 0 amide bonds. The van der Waals surface area contributed by atoms with Gasteiger partial charge in [-0.05, 0) is 59.9 Å². The van der Waals surface area contributed by atoms with Crippen LogP contribution in [-0.4, -0.2) is 37.1 Å². The highest BCUT2D eigenvalue weighted by Gasteiger charge is 2.30. The van der Waals surface area contributed by atoms with Crippen molar-refractivity contribution in [3.05, 3.63) is 28.0 Å². The van der Waals surface area contributed by atoms with E-state index in [-0.39, 0.29) is 5.82 Å². The van der Waals surface area contributed by atoms with Crippen molar-refractivity contribution in [2.24, 2.45) is 5.73 Å². The van der Waals surface area contributed by atoms with E-state index in [2.05, 4.69) is 25.7 Å². The molecule has 0 spiro atoms. The maximum atomic E-state index is 14.5. The quantitative estimate of drug-likeness (QED) is 0.903. The van der Waals surface area contributed by atoms with Crippen LogP contribution in [0.4, 0.5) is 10.1 Å². The molecule has 1 atom stereocenters. The van der Waals surface area contributed by atoms with Crippen molar-refractivity contribution in [1.82, 2.24) is 4.90 Å². The number of anilines is 1. The molecule has 5 heteroatoms. The number of benzene rings is 1. The molecule has 0 aromatic heterocycles. The predicted octanol–water partition coefficient (Wildman–Crippen LogP) is 3.11. The van der Waals surface area contributed by atoms with Crippen LogP contribution < -0.4 is 10.6 Å². The molecular weight excluding hydrogens is 333 g/mol. The Hall–Kier alpha value is -0.650. The van der Waals surface area contributed by atoms with Gasteiger partial charge in [-0.1, -0.05) is 12.5 Å². The molecule has 2 aliphatic rings. The van der Waals surface area contributed by atoms with Crippen molar-refractivity contribution < 1.29 is 4.39 Å². The Morgan fingerprint density at radius 3 is 2.67 bits per heavy atom. The fraction of sp³-hybridized carbons (Fsp3) is 0.625. The highest BCUT2D eigenvalue weighted by Crippen LogP contribution is 2.32. The Morgan fingerprint density at radius 2 is 1.95 bits per heavy atom. The van der Waals surface area contributed by atoms with Crippen molar-refractivity contribution in [1.29, 1.82) is 0 Å². The SMILES string of the molecule is NCc1ccc(N2CCC(N3CCCCC3)C2)c(F)c1Br. The standard InChI is InChI=1S/C16H23BrFN3/c17-15-12(10-19)4-5-14(16(15)18)21-9-6-13(11-21)20-7-2-1-3-8-20/h4-5,13H,1-3,6-11,19H2. The first-order valence-electron chi connectivity index (χ1n) is 7.86. The molecule has 0 radical (unpaired) electrons. The summed E-state index contributed by atoms with van der Waals surface area (Å²) in [7, 11) is 0. The summed E-state index contributed by atoms with van der Waals surface area (Å²) >= 11 is 3.34. The number of nitrogens with zero attached hydrogens (tertiary/aromatic N) is 2. The highest BCUT2D eigenvalue weighted by molar-refractivity contribution is 9.10. The lowest BCUT2D eigenvalue weighted by Crippen LogP contribution is -2.41. The Morgan fingerprint density at radius 1 is 1.19 bits per heavy atom. The minimum atomic E-state index is -0.169. The lowest BCUT2D eigenvalue weighted by molar-refractivity contribution is 0.175. The second kappa shape index (κ2) is 6.63. The molecule has 2 saturated heterocycles. The average Bonchev–Trinajstić information content (AvgIpc) is 3.00. The summed E-state index contributed by atoms with van der Waals surface area (Å²) in [5, 5.41) is 0. The van der Waals surface area contributed by atoms with Gasteiger partial charge in [-0.15, -0.1) is 0 Å². The zero-order valence-electron chi connectivity index (χ0n) is 12.3. The fourth-order valence-electron chi connectivity index (χ4n) is 3.52. The molecule has 0 bridgehead atoms. The Labute approximate surface area is 134 Å². The molecule has 1 aromatic rings. The van der Waals surface area contributed by atoms with Gasteiger partial charge in [0.15, 0.2) is 5.82 Å². The third-order valence-electron chi connectivity index (χ3n) is 4.77. The zero-order valence-corrected chi connectivity index (χ0v) is 13.9. The third kappa shape index (κ3) is 3.10. The molecule has 116 valence electrons. The molecule has 2 heterocycles. The lowest BCUT2D eigenvalue weighted by Gasteiger charge is -2.32. The van der Waals surface area contributed by atoms with E-state index in [4.69, 9.17) is 5.73 Å². The first-order valence-corrected chi connectivity index (χ1v) is 8.66. The highest BCUT2D eigenvalue weighted by atomic mass is 79.9. The first-order chi connectivity index (χ1) is 10.2. The van der Waals surface area contributed by atoms with Gasteiger partial charge in [0.05, 0.1) is 10.2 Å². The molecule has 3 rings (SSSR count). The van der Waals surface area contributed by atoms with Gasteiger partial charge in [0.2, 0.25) is 0 Å². The number of hydrogen-bond acceptors (Lipinski definition) is 3. The minimum Gasteiger partial charge on any atom is -0.368 e. The van der Waals surface area contributed by atoms with Crippen molar-refractivity contribution in [3.63, 3.8) is 0 Å². The van der Waals surface area contributed by atoms with Gasteiger partial charge in [0.25, 0.3) is 0 Å². The summed E-state index contributed by atoms with van der Waals surface area (Å²) in [6.07, 6.45) is 5.11. The van der Waals surface area contributed by atoms with Crippen LogP contribution in [0.1, 0.15) is 31.2 Å². The summed E-state index contributed by atoms with van der Waals surface area (Å²) in [5.41, 5.74) is 7.15. The lowest BCUT2D eigenvalue weighted by atomic mass is 10.1. The number of likely N-dealkylation sites (tertiary alicyclic amines) is 1. The summed E-state index contributed by atoms with van der Waals surface area (Å²) in [4.78, 5) is 4.77. The van der Waals surface area contributed by atoms with E-state index >= 15 is 0 Å². The van der Waals surface area contributed by atoms with Gasteiger partial charge >= 0.3 is 0 Å². The molecule has 1 unspecified atom stereocenters. The molecule has 21 heavy (non-hydrogen) atoms. The zero-order chi connectivity index (χ0) is 14.8. The van der Waals surface area contributed by atoms with Crippen molar-refractivity contribution >= 4 is 21.6 Å². The first kappa shape index (κ1) is 15.3. The predicted molar refractivity (Wildman–Crippen MR) is 88.0 cm³/mol. The second-order valence-corrected chi connectivity index (χ2v) is 6.85. The van der Waals surface area contributed by atoms with E-state index in [1.165, 1.54) is 32.4 Å². The maximum absolute atomic E-state index is 14.5. The van der Waals surface area contributed by atoms with E-state index in [0.29, 0.717) is 22.7 Å². The topological polar surface area (TPSA) is 32.5 Å². The van der Waals surface area contributed by atoms with Crippen molar-refractivity contribution in [3.8, 4) is 0 Å². The van der Waals surface area contributed by atoms with Gasteiger partial charge < -0.3 is 10.6 Å². The van der Waals surface area contributed by atoms with Crippen molar-refractivity contribution in [2.75, 3.05) is 31.1 Å². The van der Waals surface area contributed by atoms with Crippen LogP contribution in [0.5, 0.6) is 0 Å². The largest absolute Gasteiger partial charge is 0.368 e. The molecule has 1 aromatic carbocycles. The van der Waals surface area contributed by atoms with Crippen LogP contribution in [0.15, 0.2) is 16.6 Å². The number of halogens is 2. The maximum Gasteiger partial charge on any atom is 0.160 e. The molecule has 0 saturated carbocycles. The van der Waals surface area contributed by atoms with Gasteiger partial charge in [-0.25, -0.2) is 4.39 Å². The molecule has 0 aliphatic carbocycles. The Balaban J connectivity index is 1.72. The molecule has 3 nitrogen and oxygen atoms in total. The van der Waals surface area contributed by atoms with E-state index in [0.717, 1.165) is 25.1 Å². The molecular formula is C16H23BrFN3. The summed E-state index contributed by atoms with van der Waals surface area (Å²) < 4.78 is 15.0. The molecule has 2 fully saturated rings. The van der Waals surface area contributed by atoms with Crippen molar-refractivity contribution in [2.45, 2.75) is 38.3 Å². The fourth-order valence-corrected chi connectivity index (χ4v) is 4.02. The third-order valence-corrected chi connectivity index (χ3v) is 5.63. The Kier molecular flexibility index (Phi) is 4.82. The number of hydrogen-bond donors (Lipinski definition) is 1. The normalized spacial score (nSPS) is 23.8. The number of piperidine rings is 1. The van der Waals surface area contributed by atoms with Gasteiger partial charge in [-0.3, -0.25) is 4.90 Å². The summed E-state index contributed by atoms with van der Waals surface area (Å²) in [6.45, 7) is 4.64. The molecule has 2 N–H and O–H groups in total. The van der Waals surface area contributed by atoms with Gasteiger partial charge in [-0.2, -0.15) is 0 Å². The van der Waals surface area contributed by atoms with E-state index in [1.54, 1.807) is 0 Å². The molecule has 2 aliphatic heterocycles. The van der Waals surface area contributed by atoms with E-state index in [9.17, 15) is 4.39 Å². The van der Waals surface area contributed by atoms with Crippen LogP contribution in [0.2, 0.25) is 0 Å². The Bertz CT molecular complexity index is 503. The number of rotatable bonds is 3. The van der Waals surface area contributed by atoms with Gasteiger partial charge in [0, 0.05) is 25.7 Å². The van der Waals surface area contributed by atoms with Crippen LogP contribution in [0, 0.1) is 5.82 Å². The summed E-state index contributed by atoms with van der Waals surface area (Å²) in [5.74, 6) is -0.169. The number of nitrogens with two attached hydrogens (primary N) is 1. The van der Waals surface area contributed by atoms with Gasteiger partial charge in [0.1, 0.15) is 0 Å². The van der Waals surface area contributed by atoms with Crippen LogP contribution in [0.25, 0.3) is 0 Å². The van der Waals surface area contributed by atoms with Crippen LogP contribution in [0.3, 0.4) is 0 Å². The smallest absolute Gasteiger partial charge is 0.160 e. The average molecular weight is 356 g/mol. The van der Waals surface area contributed by atoms with E-state index < -0.39 is 0 Å². The minimum absolute atomic E-state index is 0.169. The summed E-state index contributed by atoms with van der Waals surface area (Å²) in [6, 6.07) is 4.38. The van der Waals surface area contributed by atoms with Crippen LogP contribution >= 0.6 is 15.9 Å². The monoisotopic (exact) mass is 355 g/mol. The van der Waals surface area contributed by atoms with E-state index in [1.807, 2.05) is 12.1 Å².